The van der Waals surface area contributed by atoms with Gasteiger partial charge >= 0.3 is 0 Å². The second kappa shape index (κ2) is 9.33. The van der Waals surface area contributed by atoms with Crippen molar-refractivity contribution in [1.29, 1.82) is 0 Å². The molecule has 11 heteroatoms. The van der Waals surface area contributed by atoms with Gasteiger partial charge in [-0.2, -0.15) is 19.0 Å². The lowest BCUT2D eigenvalue weighted by Crippen LogP contribution is -2.42. The minimum atomic E-state index is -3.48. The Morgan fingerprint density at radius 2 is 1.84 bits per heavy atom. The highest BCUT2D eigenvalue weighted by atomic mass is 19.3. The summed E-state index contributed by atoms with van der Waals surface area (Å²) in [7, 11) is 0. The number of halogens is 4. The van der Waals surface area contributed by atoms with Crippen LogP contribution in [0.2, 0.25) is 0 Å². The number of ether oxygens (including phenoxy) is 1. The fraction of sp³-hybridized carbons (Fsp3) is 0.333. The van der Waals surface area contributed by atoms with Crippen molar-refractivity contribution < 1.29 is 27.1 Å². The van der Waals surface area contributed by atoms with Crippen LogP contribution in [0.5, 0.6) is 5.88 Å². The highest BCUT2D eigenvalue weighted by Gasteiger charge is 2.31. The van der Waals surface area contributed by atoms with E-state index in [-0.39, 0.29) is 30.3 Å². The average molecular weight is 451 g/mol. The summed E-state index contributed by atoms with van der Waals surface area (Å²) < 4.78 is 60.6. The molecule has 3 aromatic rings. The zero-order valence-corrected chi connectivity index (χ0v) is 17.6. The Hall–Kier alpha value is -3.50. The summed E-state index contributed by atoms with van der Waals surface area (Å²) in [4.78, 5) is 19.2. The summed E-state index contributed by atoms with van der Waals surface area (Å²) in [6.45, 7) is 4.07. The molecule has 1 atom stereocenters. The number of rotatable bonds is 8. The lowest BCUT2D eigenvalue weighted by Gasteiger charge is -2.28. The Balaban J connectivity index is 1.80. The summed E-state index contributed by atoms with van der Waals surface area (Å²) in [6.07, 6.45) is 2.72. The molecular formula is C21H21F4N5O2. The number of amides is 1. The van der Waals surface area contributed by atoms with Crippen molar-refractivity contribution in [3.05, 3.63) is 65.6 Å². The fourth-order valence-electron chi connectivity index (χ4n) is 3.14. The van der Waals surface area contributed by atoms with E-state index < -0.39 is 35.2 Å². The molecule has 0 fully saturated rings. The van der Waals surface area contributed by atoms with Crippen molar-refractivity contribution in [3.8, 4) is 11.6 Å². The summed E-state index contributed by atoms with van der Waals surface area (Å²) in [6, 6.07) is 5.48. The first-order valence-electron chi connectivity index (χ1n) is 9.77. The Labute approximate surface area is 181 Å². The molecule has 0 aliphatic rings. The number of hydrogen-bond donors (Lipinski definition) is 0. The van der Waals surface area contributed by atoms with Gasteiger partial charge in [0.2, 0.25) is 5.88 Å². The molecule has 0 aliphatic carbocycles. The molecule has 1 amide bonds. The van der Waals surface area contributed by atoms with E-state index in [4.69, 9.17) is 4.74 Å². The summed E-state index contributed by atoms with van der Waals surface area (Å²) in [5.74, 6) is -5.99. The van der Waals surface area contributed by atoms with Crippen LogP contribution in [-0.2, 0) is 5.92 Å². The highest BCUT2D eigenvalue weighted by molar-refractivity contribution is 5.98. The van der Waals surface area contributed by atoms with Crippen LogP contribution in [0.15, 0.2) is 42.7 Å². The Morgan fingerprint density at radius 3 is 2.47 bits per heavy atom. The molecular weight excluding hydrogens is 430 g/mol. The van der Waals surface area contributed by atoms with Gasteiger partial charge in [0.15, 0.2) is 11.6 Å². The lowest BCUT2D eigenvalue weighted by atomic mass is 10.1. The molecule has 0 saturated heterocycles. The third-order valence-corrected chi connectivity index (χ3v) is 4.68. The standard InChI is InChI=1S/C21H21F4N5O2/c1-4-29(13(2)12-32-17-9-8-16(23)19(28-17)21(3,24)25)20(31)14-6-5-7-15(22)18(14)30-26-10-11-27-30/h5-11,13H,4,12H2,1-3H3/t13-/m0/s1. The summed E-state index contributed by atoms with van der Waals surface area (Å²) in [5.41, 5.74) is -1.07. The fourth-order valence-corrected chi connectivity index (χ4v) is 3.14. The predicted octanol–water partition coefficient (Wildman–Crippen LogP) is 3.98. The molecule has 0 aliphatic heterocycles. The third-order valence-electron chi connectivity index (χ3n) is 4.68. The molecule has 0 bridgehead atoms. The van der Waals surface area contributed by atoms with Crippen LogP contribution in [0.3, 0.4) is 0 Å². The maximum atomic E-state index is 14.5. The second-order valence-corrected chi connectivity index (χ2v) is 7.07. The minimum absolute atomic E-state index is 0.0442. The Bertz CT molecular complexity index is 1090. The van der Waals surface area contributed by atoms with Gasteiger partial charge in [-0.15, -0.1) is 4.80 Å². The first kappa shape index (κ1) is 23.2. The predicted molar refractivity (Wildman–Crippen MR) is 107 cm³/mol. The van der Waals surface area contributed by atoms with Gasteiger partial charge in [-0.1, -0.05) is 6.07 Å². The van der Waals surface area contributed by atoms with Crippen LogP contribution in [0, 0.1) is 11.6 Å². The molecule has 0 unspecified atom stereocenters. The normalized spacial score (nSPS) is 12.5. The highest BCUT2D eigenvalue weighted by Crippen LogP contribution is 2.29. The average Bonchev–Trinajstić information content (AvgIpc) is 3.27. The number of para-hydroxylation sites is 1. The van der Waals surface area contributed by atoms with Gasteiger partial charge in [-0.05, 0) is 32.0 Å². The molecule has 0 spiro atoms. The SMILES string of the molecule is CCN(C(=O)c1cccc(F)c1-n1nccn1)[C@@H](C)COc1ccc(F)c(C(C)(F)F)n1. The molecule has 2 heterocycles. The molecule has 170 valence electrons. The van der Waals surface area contributed by atoms with Gasteiger partial charge in [0.1, 0.15) is 18.0 Å². The monoisotopic (exact) mass is 451 g/mol. The van der Waals surface area contributed by atoms with Gasteiger partial charge in [-0.25, -0.2) is 13.8 Å². The van der Waals surface area contributed by atoms with Crippen molar-refractivity contribution >= 4 is 5.91 Å². The van der Waals surface area contributed by atoms with Crippen LogP contribution in [0.25, 0.3) is 5.69 Å². The Kier molecular flexibility index (Phi) is 6.75. The molecule has 7 nitrogen and oxygen atoms in total. The van der Waals surface area contributed by atoms with E-state index in [1.54, 1.807) is 13.8 Å². The number of carbonyl (C=O) groups is 1. The number of benzene rings is 1. The van der Waals surface area contributed by atoms with E-state index in [1.807, 2.05) is 0 Å². The first-order chi connectivity index (χ1) is 15.1. The zero-order chi connectivity index (χ0) is 23.5. The van der Waals surface area contributed by atoms with Gasteiger partial charge in [0.25, 0.3) is 11.8 Å². The lowest BCUT2D eigenvalue weighted by molar-refractivity contribution is 0.00794. The number of pyridine rings is 1. The molecule has 1 aromatic carbocycles. The maximum absolute atomic E-state index is 14.5. The van der Waals surface area contributed by atoms with E-state index in [1.165, 1.54) is 35.5 Å². The summed E-state index contributed by atoms with van der Waals surface area (Å²) in [5, 5.41) is 7.80. The topological polar surface area (TPSA) is 73.1 Å². The van der Waals surface area contributed by atoms with E-state index in [0.29, 0.717) is 6.92 Å². The van der Waals surface area contributed by atoms with Crippen molar-refractivity contribution in [1.82, 2.24) is 24.9 Å². The largest absolute Gasteiger partial charge is 0.475 e. The number of aromatic nitrogens is 4. The van der Waals surface area contributed by atoms with Crippen LogP contribution < -0.4 is 4.74 Å². The van der Waals surface area contributed by atoms with Gasteiger partial charge < -0.3 is 9.64 Å². The molecule has 32 heavy (non-hydrogen) atoms. The molecule has 2 aromatic heterocycles. The van der Waals surface area contributed by atoms with Crippen LogP contribution in [-0.4, -0.2) is 50.0 Å². The van der Waals surface area contributed by atoms with Gasteiger partial charge in [0, 0.05) is 19.5 Å². The number of likely N-dealkylation sites (N-methyl/N-ethyl adjacent to an activating group) is 1. The zero-order valence-electron chi connectivity index (χ0n) is 17.6. The minimum Gasteiger partial charge on any atom is -0.475 e. The molecule has 0 saturated carbocycles. The number of nitrogens with zero attached hydrogens (tertiary/aromatic N) is 5. The van der Waals surface area contributed by atoms with Crippen molar-refractivity contribution in [2.24, 2.45) is 0 Å². The van der Waals surface area contributed by atoms with Crippen LogP contribution in [0.1, 0.15) is 36.8 Å². The van der Waals surface area contributed by atoms with E-state index in [2.05, 4.69) is 15.2 Å². The van der Waals surface area contributed by atoms with Gasteiger partial charge in [-0.3, -0.25) is 4.79 Å². The van der Waals surface area contributed by atoms with Crippen LogP contribution >= 0.6 is 0 Å². The summed E-state index contributed by atoms with van der Waals surface area (Å²) >= 11 is 0. The van der Waals surface area contributed by atoms with E-state index >= 15 is 0 Å². The Morgan fingerprint density at radius 1 is 1.16 bits per heavy atom. The maximum Gasteiger partial charge on any atom is 0.290 e. The van der Waals surface area contributed by atoms with Crippen molar-refractivity contribution in [3.63, 3.8) is 0 Å². The second-order valence-electron chi connectivity index (χ2n) is 7.07. The molecule has 0 radical (unpaired) electrons. The van der Waals surface area contributed by atoms with E-state index in [0.717, 1.165) is 16.9 Å². The molecule has 3 rings (SSSR count). The number of hydrogen-bond acceptors (Lipinski definition) is 5. The quantitative estimate of drug-likeness (QED) is 0.485. The third kappa shape index (κ3) is 4.87. The molecule has 0 N–H and O–H groups in total. The number of alkyl halides is 2. The number of carbonyl (C=O) groups excluding carboxylic acids is 1. The van der Waals surface area contributed by atoms with Crippen LogP contribution in [0.4, 0.5) is 17.6 Å². The first-order valence-corrected chi connectivity index (χ1v) is 9.77. The van der Waals surface area contributed by atoms with E-state index in [9.17, 15) is 22.4 Å². The smallest absolute Gasteiger partial charge is 0.290 e. The van der Waals surface area contributed by atoms with Gasteiger partial charge in [0.05, 0.1) is 24.0 Å². The van der Waals surface area contributed by atoms with Crippen molar-refractivity contribution in [2.75, 3.05) is 13.2 Å². The van der Waals surface area contributed by atoms with Crippen molar-refractivity contribution in [2.45, 2.75) is 32.7 Å².